The van der Waals surface area contributed by atoms with E-state index >= 15 is 0 Å². The molecule has 0 bridgehead atoms. The normalized spacial score (nSPS) is 18.3. The van der Waals surface area contributed by atoms with E-state index in [0.29, 0.717) is 12.1 Å². The van der Waals surface area contributed by atoms with Crippen LogP contribution < -0.4 is 10.6 Å². The van der Waals surface area contributed by atoms with Crippen LogP contribution in [0.4, 0.5) is 10.1 Å². The molecular formula is C20H16FN3O2S. The van der Waals surface area contributed by atoms with Gasteiger partial charge < -0.3 is 5.73 Å². The van der Waals surface area contributed by atoms with Gasteiger partial charge in [0.2, 0.25) is 5.91 Å². The molecule has 3 rings (SSSR count). The predicted octanol–water partition coefficient (Wildman–Crippen LogP) is 3.05. The van der Waals surface area contributed by atoms with E-state index in [1.54, 1.807) is 24.3 Å². The van der Waals surface area contributed by atoms with E-state index < -0.39 is 11.2 Å². The average molecular weight is 381 g/mol. The number of thioether (sulfide) groups is 1. The lowest BCUT2D eigenvalue weighted by atomic mass is 10.1. The minimum Gasteiger partial charge on any atom is -0.365 e. The third-order valence-corrected chi connectivity index (χ3v) is 5.48. The van der Waals surface area contributed by atoms with Crippen molar-refractivity contribution in [2.75, 3.05) is 4.90 Å². The molecular weight excluding hydrogens is 365 g/mol. The predicted molar refractivity (Wildman–Crippen MR) is 102 cm³/mol. The molecule has 1 aliphatic rings. The highest BCUT2D eigenvalue weighted by Gasteiger charge is 2.40. The van der Waals surface area contributed by atoms with Crippen molar-refractivity contribution in [3.8, 4) is 6.07 Å². The molecule has 5 nitrogen and oxygen atoms in total. The number of nitrogens with zero attached hydrogens (tertiary/aromatic N) is 2. The van der Waals surface area contributed by atoms with Crippen LogP contribution in [-0.2, 0) is 16.0 Å². The van der Waals surface area contributed by atoms with Gasteiger partial charge in [0.05, 0.1) is 10.9 Å². The maximum absolute atomic E-state index is 13.1. The second kappa shape index (κ2) is 7.64. The maximum Gasteiger partial charge on any atom is 0.262 e. The van der Waals surface area contributed by atoms with Crippen LogP contribution in [0, 0.1) is 24.1 Å². The molecule has 27 heavy (non-hydrogen) atoms. The first-order valence-electron chi connectivity index (χ1n) is 8.17. The summed E-state index contributed by atoms with van der Waals surface area (Å²) in [7, 11) is 0. The number of nitriles is 1. The molecule has 0 saturated carbocycles. The molecule has 1 aliphatic heterocycles. The molecule has 1 saturated heterocycles. The van der Waals surface area contributed by atoms with Crippen molar-refractivity contribution in [2.45, 2.75) is 18.6 Å². The molecule has 1 fully saturated rings. The number of anilines is 1. The van der Waals surface area contributed by atoms with Crippen molar-refractivity contribution >= 4 is 29.3 Å². The Morgan fingerprint density at radius 2 is 1.93 bits per heavy atom. The van der Waals surface area contributed by atoms with Crippen LogP contribution >= 0.6 is 11.8 Å². The van der Waals surface area contributed by atoms with Crippen LogP contribution in [0.25, 0.3) is 0 Å². The highest BCUT2D eigenvalue weighted by atomic mass is 32.2. The zero-order valence-corrected chi connectivity index (χ0v) is 15.3. The maximum atomic E-state index is 13.1. The van der Waals surface area contributed by atoms with Gasteiger partial charge >= 0.3 is 0 Å². The molecule has 0 spiro atoms. The van der Waals surface area contributed by atoms with Crippen molar-refractivity contribution in [1.29, 1.82) is 5.26 Å². The fourth-order valence-corrected chi connectivity index (χ4v) is 4.18. The van der Waals surface area contributed by atoms with Crippen LogP contribution in [0.3, 0.4) is 0 Å². The number of amides is 2. The third-order valence-electron chi connectivity index (χ3n) is 4.22. The van der Waals surface area contributed by atoms with Crippen molar-refractivity contribution in [2.24, 2.45) is 5.73 Å². The van der Waals surface area contributed by atoms with E-state index in [-0.39, 0.29) is 22.3 Å². The zero-order chi connectivity index (χ0) is 19.6. The number of para-hydroxylation sites is 1. The first kappa shape index (κ1) is 18.7. The van der Waals surface area contributed by atoms with Gasteiger partial charge in [-0.05, 0) is 42.7 Å². The number of primary amides is 1. The van der Waals surface area contributed by atoms with Crippen LogP contribution in [-0.4, -0.2) is 17.1 Å². The number of nitrogens with two attached hydrogens (primary N) is 1. The van der Waals surface area contributed by atoms with E-state index in [2.05, 4.69) is 0 Å². The summed E-state index contributed by atoms with van der Waals surface area (Å²) in [6, 6.07) is 14.9. The standard InChI is InChI=1S/C20H16FN3O2S/c1-12-4-2-3-5-16(12)24-19(26)17(10-13-6-8-14(21)9-7-13)27-20(24)15(11-22)18(23)25/h2-9,17H,10H2,1H3,(H2,23,25)/b20-15-/t17-/m0/s1. The fraction of sp³-hybridized carbons (Fsp3) is 0.150. The number of carbonyl (C=O) groups is 2. The molecule has 0 radical (unpaired) electrons. The number of benzene rings is 2. The molecule has 2 aromatic carbocycles. The number of carbonyl (C=O) groups excluding carboxylic acids is 2. The topological polar surface area (TPSA) is 87.2 Å². The Balaban J connectivity index is 2.05. The molecule has 2 N–H and O–H groups in total. The summed E-state index contributed by atoms with van der Waals surface area (Å²) in [4.78, 5) is 26.2. The number of halogens is 1. The van der Waals surface area contributed by atoms with Gasteiger partial charge in [-0.15, -0.1) is 0 Å². The summed E-state index contributed by atoms with van der Waals surface area (Å²) < 4.78 is 13.1. The Kier molecular flexibility index (Phi) is 5.28. The van der Waals surface area contributed by atoms with Crippen LogP contribution in [0.5, 0.6) is 0 Å². The summed E-state index contributed by atoms with van der Waals surface area (Å²) in [5.74, 6) is -1.48. The minimum absolute atomic E-state index is 0.233. The van der Waals surface area contributed by atoms with Gasteiger partial charge in [0.1, 0.15) is 22.5 Å². The smallest absolute Gasteiger partial charge is 0.262 e. The van der Waals surface area contributed by atoms with Gasteiger partial charge in [-0.3, -0.25) is 14.5 Å². The lowest BCUT2D eigenvalue weighted by Crippen LogP contribution is -2.31. The Hall–Kier alpha value is -3.11. The molecule has 1 atom stereocenters. The van der Waals surface area contributed by atoms with Crippen molar-refractivity contribution in [3.05, 3.63) is 76.1 Å². The van der Waals surface area contributed by atoms with Crippen LogP contribution in [0.2, 0.25) is 0 Å². The fourth-order valence-electron chi connectivity index (χ4n) is 2.87. The molecule has 7 heteroatoms. The zero-order valence-electron chi connectivity index (χ0n) is 14.5. The monoisotopic (exact) mass is 381 g/mol. The largest absolute Gasteiger partial charge is 0.365 e. The Bertz CT molecular complexity index is 979. The highest BCUT2D eigenvalue weighted by molar-refractivity contribution is 8.05. The molecule has 1 heterocycles. The number of rotatable bonds is 4. The van der Waals surface area contributed by atoms with Gasteiger partial charge in [0.15, 0.2) is 0 Å². The van der Waals surface area contributed by atoms with Crippen molar-refractivity contribution in [3.63, 3.8) is 0 Å². The van der Waals surface area contributed by atoms with Gasteiger partial charge in [-0.2, -0.15) is 5.26 Å². The third kappa shape index (κ3) is 3.71. The first-order valence-corrected chi connectivity index (χ1v) is 9.05. The Labute approximate surface area is 160 Å². The lowest BCUT2D eigenvalue weighted by Gasteiger charge is -2.20. The summed E-state index contributed by atoms with van der Waals surface area (Å²) in [6.07, 6.45) is 0.340. The van der Waals surface area contributed by atoms with Gasteiger partial charge in [0.25, 0.3) is 5.91 Å². The minimum atomic E-state index is -0.881. The molecule has 0 aromatic heterocycles. The summed E-state index contributed by atoms with van der Waals surface area (Å²) in [6.45, 7) is 1.84. The van der Waals surface area contributed by atoms with Crippen LogP contribution in [0.1, 0.15) is 11.1 Å². The number of aryl methyl sites for hydroxylation is 1. The molecule has 2 aromatic rings. The van der Waals surface area contributed by atoms with Crippen molar-refractivity contribution < 1.29 is 14.0 Å². The van der Waals surface area contributed by atoms with Gasteiger partial charge in [-0.25, -0.2) is 4.39 Å². The molecule has 2 amide bonds. The van der Waals surface area contributed by atoms with E-state index in [1.807, 2.05) is 25.1 Å². The Morgan fingerprint density at radius 1 is 1.26 bits per heavy atom. The summed E-state index contributed by atoms with van der Waals surface area (Å²) >= 11 is 1.13. The number of hydrogen-bond donors (Lipinski definition) is 1. The average Bonchev–Trinajstić information content (AvgIpc) is 2.94. The van der Waals surface area contributed by atoms with E-state index in [0.717, 1.165) is 22.9 Å². The molecule has 0 aliphatic carbocycles. The van der Waals surface area contributed by atoms with Gasteiger partial charge in [-0.1, -0.05) is 42.1 Å². The van der Waals surface area contributed by atoms with Crippen molar-refractivity contribution in [1.82, 2.24) is 0 Å². The van der Waals surface area contributed by atoms with E-state index in [9.17, 15) is 19.2 Å². The second-order valence-electron chi connectivity index (χ2n) is 6.05. The quantitative estimate of drug-likeness (QED) is 0.651. The first-order chi connectivity index (χ1) is 12.9. The second-order valence-corrected chi connectivity index (χ2v) is 7.24. The summed E-state index contributed by atoms with van der Waals surface area (Å²) in [5, 5.41) is 9.07. The van der Waals surface area contributed by atoms with Gasteiger partial charge in [0, 0.05) is 0 Å². The molecule has 136 valence electrons. The lowest BCUT2D eigenvalue weighted by molar-refractivity contribution is -0.117. The summed E-state index contributed by atoms with van der Waals surface area (Å²) in [5.41, 5.74) is 7.31. The molecule has 0 unspecified atom stereocenters. The Morgan fingerprint density at radius 3 is 2.52 bits per heavy atom. The van der Waals surface area contributed by atoms with Crippen LogP contribution in [0.15, 0.2) is 59.1 Å². The van der Waals surface area contributed by atoms with E-state index in [4.69, 9.17) is 5.73 Å². The number of hydrogen-bond acceptors (Lipinski definition) is 4. The highest BCUT2D eigenvalue weighted by Crippen LogP contribution is 2.42. The SMILES string of the molecule is Cc1ccccc1N1C(=O)[C@H](Cc2ccc(F)cc2)S/C1=C(/C#N)C(N)=O. The van der Waals surface area contributed by atoms with E-state index in [1.165, 1.54) is 17.0 Å².